The van der Waals surface area contributed by atoms with Crippen LogP contribution in [-0.4, -0.2) is 37.5 Å². The largest absolute Gasteiger partial charge is 0.341 e. The summed E-state index contributed by atoms with van der Waals surface area (Å²) < 4.78 is 0. The molecule has 5 heteroatoms. The van der Waals surface area contributed by atoms with Crippen LogP contribution >= 0.6 is 23.2 Å². The first kappa shape index (κ1) is 25.3. The molecule has 5 rings (SSSR count). The summed E-state index contributed by atoms with van der Waals surface area (Å²) in [5, 5.41) is 4.70. The van der Waals surface area contributed by atoms with Crippen LogP contribution in [0.2, 0.25) is 10.0 Å². The lowest BCUT2D eigenvalue weighted by molar-refractivity contribution is 0.0782. The van der Waals surface area contributed by atoms with Crippen molar-refractivity contribution in [1.29, 1.82) is 0 Å². The summed E-state index contributed by atoms with van der Waals surface area (Å²) in [5.41, 5.74) is 5.21. The molecule has 1 aliphatic heterocycles. The van der Waals surface area contributed by atoms with Gasteiger partial charge >= 0.3 is 0 Å². The van der Waals surface area contributed by atoms with E-state index in [9.17, 15) is 4.79 Å². The summed E-state index contributed by atoms with van der Waals surface area (Å²) in [5.74, 6) is 0.834. The van der Waals surface area contributed by atoms with E-state index < -0.39 is 0 Å². The number of piperidine rings is 1. The van der Waals surface area contributed by atoms with Gasteiger partial charge in [-0.2, -0.15) is 0 Å². The van der Waals surface area contributed by atoms with E-state index in [2.05, 4.69) is 35.6 Å². The third-order valence-electron chi connectivity index (χ3n) is 8.44. The van der Waals surface area contributed by atoms with Crippen molar-refractivity contribution in [3.05, 3.63) is 105 Å². The number of hydrogen-bond donors (Lipinski definition) is 1. The zero-order valence-electron chi connectivity index (χ0n) is 20.9. The molecule has 1 saturated heterocycles. The molecule has 188 valence electrons. The molecule has 1 spiro atoms. The van der Waals surface area contributed by atoms with Crippen molar-refractivity contribution >= 4 is 29.1 Å². The third-order valence-corrected chi connectivity index (χ3v) is 9.18. The molecular weight excluding hydrogens is 487 g/mol. The van der Waals surface area contributed by atoms with Crippen LogP contribution in [0.4, 0.5) is 0 Å². The van der Waals surface area contributed by atoms with Crippen LogP contribution in [0.25, 0.3) is 0 Å². The Morgan fingerprint density at radius 2 is 1.72 bits per heavy atom. The molecule has 1 unspecified atom stereocenters. The van der Waals surface area contributed by atoms with Crippen LogP contribution in [-0.2, 0) is 11.8 Å². The van der Waals surface area contributed by atoms with Gasteiger partial charge in [-0.3, -0.25) is 4.79 Å². The maximum absolute atomic E-state index is 13.2. The number of nitrogens with zero attached hydrogens (tertiary/aromatic N) is 1. The molecule has 1 amide bonds. The topological polar surface area (TPSA) is 32.3 Å². The number of nitrogens with one attached hydrogen (secondary N) is 1. The van der Waals surface area contributed by atoms with E-state index in [-0.39, 0.29) is 17.2 Å². The van der Waals surface area contributed by atoms with E-state index >= 15 is 0 Å². The number of carbonyl (C=O) groups is 1. The minimum atomic E-state index is 0.0451. The van der Waals surface area contributed by atoms with Crippen molar-refractivity contribution in [3.63, 3.8) is 0 Å². The van der Waals surface area contributed by atoms with Crippen LogP contribution in [0.3, 0.4) is 0 Å². The minimum Gasteiger partial charge on any atom is -0.341 e. The van der Waals surface area contributed by atoms with Crippen LogP contribution in [0.15, 0.2) is 72.8 Å². The molecule has 3 nitrogen and oxygen atoms in total. The van der Waals surface area contributed by atoms with Crippen LogP contribution < -0.4 is 5.32 Å². The number of likely N-dealkylation sites (N-methyl/N-ethyl adjacent to an activating group) is 1. The molecule has 1 heterocycles. The van der Waals surface area contributed by atoms with Gasteiger partial charge < -0.3 is 10.2 Å². The quantitative estimate of drug-likeness (QED) is 0.359. The second-order valence-electron chi connectivity index (χ2n) is 10.5. The number of amides is 1. The van der Waals surface area contributed by atoms with Crippen LogP contribution in [0.5, 0.6) is 0 Å². The summed E-state index contributed by atoms with van der Waals surface area (Å²) in [7, 11) is 1.90. The highest BCUT2D eigenvalue weighted by atomic mass is 35.5. The molecule has 2 aliphatic rings. The van der Waals surface area contributed by atoms with E-state index in [1.54, 1.807) is 5.56 Å². The van der Waals surface area contributed by atoms with Gasteiger partial charge in [-0.1, -0.05) is 71.7 Å². The second-order valence-corrected chi connectivity index (χ2v) is 11.3. The molecule has 2 atom stereocenters. The second kappa shape index (κ2) is 11.0. The molecular formula is C31H34Cl2N2O. The molecule has 0 saturated carbocycles. The Balaban J connectivity index is 1.38. The normalized spacial score (nSPS) is 19.1. The van der Waals surface area contributed by atoms with Crippen molar-refractivity contribution < 1.29 is 4.79 Å². The van der Waals surface area contributed by atoms with E-state index in [4.69, 9.17) is 23.2 Å². The van der Waals surface area contributed by atoms with Gasteiger partial charge in [0.05, 0.1) is 10.0 Å². The third kappa shape index (κ3) is 5.07. The number of carbonyl (C=O) groups excluding carboxylic acids is 1. The molecule has 0 bridgehead atoms. The average molecular weight is 522 g/mol. The highest BCUT2D eigenvalue weighted by Crippen LogP contribution is 2.51. The summed E-state index contributed by atoms with van der Waals surface area (Å²) in [4.78, 5) is 15.0. The molecule has 1 N–H and O–H groups in total. The molecule has 36 heavy (non-hydrogen) atoms. The maximum Gasteiger partial charge on any atom is 0.253 e. The first-order valence-electron chi connectivity index (χ1n) is 13.0. The van der Waals surface area contributed by atoms with Gasteiger partial charge in [0.15, 0.2) is 0 Å². The number of halogens is 2. The van der Waals surface area contributed by atoms with Crippen molar-refractivity contribution in [1.82, 2.24) is 10.2 Å². The lowest BCUT2D eigenvalue weighted by Gasteiger charge is -2.41. The van der Waals surface area contributed by atoms with Gasteiger partial charge in [0.2, 0.25) is 0 Å². The van der Waals surface area contributed by atoms with Crippen molar-refractivity contribution in [2.75, 3.05) is 26.7 Å². The summed E-state index contributed by atoms with van der Waals surface area (Å²) in [6.07, 6.45) is 5.64. The smallest absolute Gasteiger partial charge is 0.253 e. The van der Waals surface area contributed by atoms with Gasteiger partial charge in [0.1, 0.15) is 0 Å². The number of rotatable bonds is 7. The monoisotopic (exact) mass is 520 g/mol. The Morgan fingerprint density at radius 3 is 2.47 bits per heavy atom. The Bertz CT molecular complexity index is 1210. The van der Waals surface area contributed by atoms with Gasteiger partial charge in [-0.05, 0) is 92.1 Å². The van der Waals surface area contributed by atoms with E-state index in [1.165, 1.54) is 18.4 Å². The van der Waals surface area contributed by atoms with E-state index in [0.29, 0.717) is 28.1 Å². The van der Waals surface area contributed by atoms with Gasteiger partial charge in [0.25, 0.3) is 5.91 Å². The number of fused-ring (bicyclic) bond motifs is 2. The SMILES string of the molecule is CN(C[C@@H](CCC1Cc2ccccc2C12CCNCC2)c1ccc(Cl)c(Cl)c1)C(=O)c1ccccc1. The van der Waals surface area contributed by atoms with Gasteiger partial charge in [-0.25, -0.2) is 0 Å². The summed E-state index contributed by atoms with van der Waals surface area (Å²) in [6, 6.07) is 24.5. The number of benzene rings is 3. The van der Waals surface area contributed by atoms with Crippen LogP contribution in [0.1, 0.15) is 58.6 Å². The molecule has 0 aromatic heterocycles. The summed E-state index contributed by atoms with van der Waals surface area (Å²) >= 11 is 12.7. The number of hydrogen-bond acceptors (Lipinski definition) is 2. The highest BCUT2D eigenvalue weighted by molar-refractivity contribution is 6.42. The molecule has 1 fully saturated rings. The zero-order chi connectivity index (χ0) is 25.1. The van der Waals surface area contributed by atoms with Gasteiger partial charge in [-0.15, -0.1) is 0 Å². The van der Waals surface area contributed by atoms with Crippen molar-refractivity contribution in [3.8, 4) is 0 Å². The first-order chi connectivity index (χ1) is 17.5. The minimum absolute atomic E-state index is 0.0451. The first-order valence-corrected chi connectivity index (χ1v) is 13.8. The molecule has 3 aromatic rings. The maximum atomic E-state index is 13.2. The Labute approximate surface area is 224 Å². The van der Waals surface area contributed by atoms with Crippen molar-refractivity contribution in [2.45, 2.75) is 43.4 Å². The van der Waals surface area contributed by atoms with Crippen LogP contribution in [0, 0.1) is 5.92 Å². The predicted octanol–water partition coefficient (Wildman–Crippen LogP) is 7.12. The molecule has 3 aromatic carbocycles. The Morgan fingerprint density at radius 1 is 1.00 bits per heavy atom. The van der Waals surface area contributed by atoms with Gasteiger partial charge in [0, 0.05) is 30.5 Å². The zero-order valence-corrected chi connectivity index (χ0v) is 22.4. The standard InChI is InChI=1S/C31H34Cl2N2O/c1-35(30(36)22-7-3-2-4-8-22)21-25(23-12-14-28(32)29(33)20-23)11-13-26-19-24-9-5-6-10-27(24)31(26)15-17-34-18-16-31/h2-10,12,14,20,25-26,34H,11,13,15-19,21H2,1H3/t25-,26?/m1/s1. The summed E-state index contributed by atoms with van der Waals surface area (Å²) in [6.45, 7) is 2.80. The average Bonchev–Trinajstić information content (AvgIpc) is 3.21. The fourth-order valence-electron chi connectivity index (χ4n) is 6.54. The van der Waals surface area contributed by atoms with Crippen molar-refractivity contribution in [2.24, 2.45) is 5.92 Å². The predicted molar refractivity (Wildman–Crippen MR) is 149 cm³/mol. The van der Waals surface area contributed by atoms with E-state index in [1.807, 2.05) is 54.4 Å². The lowest BCUT2D eigenvalue weighted by atomic mass is 9.66. The fraction of sp³-hybridized carbons (Fsp3) is 0.387. The fourth-order valence-corrected chi connectivity index (χ4v) is 6.85. The Hall–Kier alpha value is -2.33. The Kier molecular flexibility index (Phi) is 7.71. The van der Waals surface area contributed by atoms with E-state index in [0.717, 1.165) is 37.9 Å². The molecule has 1 aliphatic carbocycles. The lowest BCUT2D eigenvalue weighted by Crippen LogP contribution is -2.43. The highest BCUT2D eigenvalue weighted by Gasteiger charge is 2.46. The molecule has 0 radical (unpaired) electrons.